The molecule has 0 unspecified atom stereocenters. The van der Waals surface area contributed by atoms with Crippen molar-refractivity contribution in [3.63, 3.8) is 0 Å². The van der Waals surface area contributed by atoms with Crippen LogP contribution in [0.15, 0.2) is 0 Å². The summed E-state index contributed by atoms with van der Waals surface area (Å²) in [4.78, 5) is 34.2. The first-order valence-electron chi connectivity index (χ1n) is 7.16. The Labute approximate surface area is 124 Å². The van der Waals surface area contributed by atoms with Crippen molar-refractivity contribution in [2.45, 2.75) is 39.5 Å². The maximum atomic E-state index is 11.8. The lowest BCUT2D eigenvalue weighted by molar-refractivity contribution is -0.141. The van der Waals surface area contributed by atoms with Crippen molar-refractivity contribution in [2.75, 3.05) is 20.1 Å². The molecule has 7 nitrogen and oxygen atoms in total. The maximum absolute atomic E-state index is 11.8. The molecule has 1 aliphatic rings. The Morgan fingerprint density at radius 2 is 1.81 bits per heavy atom. The van der Waals surface area contributed by atoms with Gasteiger partial charge in [-0.3, -0.25) is 9.59 Å². The van der Waals surface area contributed by atoms with E-state index in [4.69, 9.17) is 5.11 Å². The quantitative estimate of drug-likeness (QED) is 0.555. The zero-order valence-corrected chi connectivity index (χ0v) is 12.9. The number of nitrogens with one attached hydrogen (secondary N) is 3. The average molecular weight is 299 g/mol. The van der Waals surface area contributed by atoms with Gasteiger partial charge in [0.1, 0.15) is 0 Å². The second-order valence-electron chi connectivity index (χ2n) is 6.42. The van der Waals surface area contributed by atoms with Crippen molar-refractivity contribution in [3.05, 3.63) is 0 Å². The van der Waals surface area contributed by atoms with Crippen molar-refractivity contribution < 1.29 is 19.5 Å². The molecule has 0 radical (unpaired) electrons. The standard InChI is InChI=1S/C14H25N3O4/c1-13(2,11(20)15-3)8-16-12(21)17-9-14(5-4-6-14)7-10(18)19/h4-9H2,1-3H3,(H,15,20)(H,18,19)(H2,16,17,21). The number of rotatable bonds is 7. The number of hydrogen-bond acceptors (Lipinski definition) is 3. The highest BCUT2D eigenvalue weighted by Gasteiger charge is 2.39. The van der Waals surface area contributed by atoms with Gasteiger partial charge in [-0.1, -0.05) is 6.42 Å². The lowest BCUT2D eigenvalue weighted by Gasteiger charge is -2.40. The number of amides is 3. The Balaban J connectivity index is 2.37. The van der Waals surface area contributed by atoms with E-state index >= 15 is 0 Å². The minimum atomic E-state index is -0.836. The van der Waals surface area contributed by atoms with Crippen LogP contribution in [0.5, 0.6) is 0 Å². The van der Waals surface area contributed by atoms with Crippen molar-refractivity contribution in [1.29, 1.82) is 0 Å². The Morgan fingerprint density at radius 1 is 1.19 bits per heavy atom. The molecule has 1 aliphatic carbocycles. The van der Waals surface area contributed by atoms with E-state index < -0.39 is 11.4 Å². The van der Waals surface area contributed by atoms with Gasteiger partial charge in [0.15, 0.2) is 0 Å². The van der Waals surface area contributed by atoms with Gasteiger partial charge in [-0.15, -0.1) is 0 Å². The van der Waals surface area contributed by atoms with Gasteiger partial charge >= 0.3 is 12.0 Å². The molecule has 0 aromatic carbocycles. The highest BCUT2D eigenvalue weighted by Crippen LogP contribution is 2.43. The Hall–Kier alpha value is -1.79. The number of urea groups is 1. The molecule has 120 valence electrons. The third-order valence-corrected chi connectivity index (χ3v) is 4.10. The maximum Gasteiger partial charge on any atom is 0.314 e. The molecule has 1 fully saturated rings. The van der Waals surface area contributed by atoms with Gasteiger partial charge in [0.2, 0.25) is 5.91 Å². The predicted octanol–water partition coefficient (Wildman–Crippen LogP) is 0.703. The van der Waals surface area contributed by atoms with Gasteiger partial charge in [0.25, 0.3) is 0 Å². The summed E-state index contributed by atoms with van der Waals surface area (Å²) in [6, 6.07) is -0.372. The lowest BCUT2D eigenvalue weighted by atomic mass is 9.66. The van der Waals surface area contributed by atoms with Gasteiger partial charge in [-0.05, 0) is 32.1 Å². The summed E-state index contributed by atoms with van der Waals surface area (Å²) in [5, 5.41) is 16.8. The molecule has 4 N–H and O–H groups in total. The lowest BCUT2D eigenvalue weighted by Crippen LogP contribution is -2.50. The topological polar surface area (TPSA) is 108 Å². The van der Waals surface area contributed by atoms with Crippen LogP contribution in [0, 0.1) is 10.8 Å². The molecule has 0 atom stereocenters. The zero-order valence-electron chi connectivity index (χ0n) is 12.9. The fourth-order valence-electron chi connectivity index (χ4n) is 2.46. The second kappa shape index (κ2) is 6.78. The van der Waals surface area contributed by atoms with E-state index in [-0.39, 0.29) is 30.3 Å². The van der Waals surface area contributed by atoms with Gasteiger partial charge in [-0.2, -0.15) is 0 Å². The summed E-state index contributed by atoms with van der Waals surface area (Å²) in [6.07, 6.45) is 2.73. The normalized spacial score (nSPS) is 16.5. The Bertz CT molecular complexity index is 416. The number of carboxylic acids is 1. The minimum Gasteiger partial charge on any atom is -0.481 e. The smallest absolute Gasteiger partial charge is 0.314 e. The molecule has 1 rings (SSSR count). The molecule has 0 aliphatic heterocycles. The molecular weight excluding hydrogens is 274 g/mol. The van der Waals surface area contributed by atoms with Crippen LogP contribution in [0.25, 0.3) is 0 Å². The van der Waals surface area contributed by atoms with Crippen LogP contribution in [0.4, 0.5) is 4.79 Å². The first-order valence-corrected chi connectivity index (χ1v) is 7.16. The van der Waals surface area contributed by atoms with E-state index in [9.17, 15) is 14.4 Å². The van der Waals surface area contributed by atoms with Gasteiger partial charge in [-0.25, -0.2) is 4.79 Å². The summed E-state index contributed by atoms with van der Waals surface area (Å²) in [5.74, 6) is -0.984. The van der Waals surface area contributed by atoms with Crippen LogP contribution in [-0.4, -0.2) is 43.2 Å². The summed E-state index contributed by atoms with van der Waals surface area (Å²) in [7, 11) is 1.55. The number of hydrogen-bond donors (Lipinski definition) is 4. The van der Waals surface area contributed by atoms with Crippen LogP contribution >= 0.6 is 0 Å². The van der Waals surface area contributed by atoms with Crippen molar-refractivity contribution in [2.24, 2.45) is 10.8 Å². The summed E-state index contributed by atoms with van der Waals surface area (Å²) in [6.45, 7) is 4.05. The third-order valence-electron chi connectivity index (χ3n) is 4.10. The SMILES string of the molecule is CNC(=O)C(C)(C)CNC(=O)NCC1(CC(=O)O)CCC1. The number of carbonyl (C=O) groups is 3. The van der Waals surface area contributed by atoms with E-state index in [1.165, 1.54) is 0 Å². The molecule has 21 heavy (non-hydrogen) atoms. The molecule has 0 saturated heterocycles. The third kappa shape index (κ3) is 4.91. The van der Waals surface area contributed by atoms with Gasteiger partial charge in [0, 0.05) is 20.1 Å². The molecule has 0 spiro atoms. The van der Waals surface area contributed by atoms with Crippen LogP contribution in [-0.2, 0) is 9.59 Å². The van der Waals surface area contributed by atoms with Crippen molar-refractivity contribution in [3.8, 4) is 0 Å². The van der Waals surface area contributed by atoms with E-state index in [0.717, 1.165) is 19.3 Å². The molecule has 0 bridgehead atoms. The largest absolute Gasteiger partial charge is 0.481 e. The summed E-state index contributed by atoms with van der Waals surface area (Å²) >= 11 is 0. The fraction of sp³-hybridized carbons (Fsp3) is 0.786. The number of aliphatic carboxylic acids is 1. The van der Waals surface area contributed by atoms with E-state index in [1.54, 1.807) is 20.9 Å². The van der Waals surface area contributed by atoms with Crippen LogP contribution < -0.4 is 16.0 Å². The van der Waals surface area contributed by atoms with E-state index in [0.29, 0.717) is 6.54 Å². The highest BCUT2D eigenvalue weighted by atomic mass is 16.4. The molecule has 3 amide bonds. The zero-order chi connectivity index (χ0) is 16.1. The average Bonchev–Trinajstić information content (AvgIpc) is 2.37. The fourth-order valence-corrected chi connectivity index (χ4v) is 2.46. The molecule has 1 saturated carbocycles. The molecule has 0 aromatic heterocycles. The van der Waals surface area contributed by atoms with Crippen LogP contribution in [0.3, 0.4) is 0 Å². The molecular formula is C14H25N3O4. The van der Waals surface area contributed by atoms with Crippen molar-refractivity contribution >= 4 is 17.9 Å². The molecule has 7 heteroatoms. The molecule has 0 aromatic rings. The summed E-state index contributed by atoms with van der Waals surface area (Å²) < 4.78 is 0. The van der Waals surface area contributed by atoms with Gasteiger partial charge < -0.3 is 21.1 Å². The highest BCUT2D eigenvalue weighted by molar-refractivity contribution is 5.83. The van der Waals surface area contributed by atoms with E-state index in [2.05, 4.69) is 16.0 Å². The van der Waals surface area contributed by atoms with Crippen molar-refractivity contribution in [1.82, 2.24) is 16.0 Å². The first kappa shape index (κ1) is 17.3. The van der Waals surface area contributed by atoms with E-state index in [1.807, 2.05) is 0 Å². The minimum absolute atomic E-state index is 0.0804. The monoisotopic (exact) mass is 299 g/mol. The molecule has 0 heterocycles. The Morgan fingerprint density at radius 3 is 2.24 bits per heavy atom. The first-order chi connectivity index (χ1) is 9.71. The second-order valence-corrected chi connectivity index (χ2v) is 6.42. The summed E-state index contributed by atoms with van der Waals surface area (Å²) in [5.41, 5.74) is -0.999. The number of carbonyl (C=O) groups excluding carboxylic acids is 2. The van der Waals surface area contributed by atoms with Crippen LogP contribution in [0.1, 0.15) is 39.5 Å². The number of carboxylic acid groups (broad SMARTS) is 1. The predicted molar refractivity (Wildman–Crippen MR) is 77.8 cm³/mol. The van der Waals surface area contributed by atoms with Crippen LogP contribution in [0.2, 0.25) is 0 Å². The Kier molecular flexibility index (Phi) is 5.57. The van der Waals surface area contributed by atoms with Gasteiger partial charge in [0.05, 0.1) is 11.8 Å².